The van der Waals surface area contributed by atoms with Crippen molar-refractivity contribution in [3.63, 3.8) is 0 Å². The maximum atomic E-state index is 12.7. The summed E-state index contributed by atoms with van der Waals surface area (Å²) < 4.78 is 0. The molecule has 24 heavy (non-hydrogen) atoms. The zero-order valence-electron chi connectivity index (χ0n) is 13.0. The number of benzene rings is 1. The molecule has 0 bridgehead atoms. The van der Waals surface area contributed by atoms with E-state index in [0.717, 1.165) is 30.2 Å². The molecule has 0 saturated heterocycles. The molecule has 0 atom stereocenters. The summed E-state index contributed by atoms with van der Waals surface area (Å²) in [6.45, 7) is 1.35. The summed E-state index contributed by atoms with van der Waals surface area (Å²) in [5.74, 6) is 0.736. The van der Waals surface area contributed by atoms with Gasteiger partial charge >= 0.3 is 0 Å². The van der Waals surface area contributed by atoms with E-state index in [4.69, 9.17) is 0 Å². The van der Waals surface area contributed by atoms with Gasteiger partial charge < -0.3 is 10.2 Å². The van der Waals surface area contributed by atoms with Gasteiger partial charge in [-0.1, -0.05) is 18.2 Å². The standard InChI is InChI=1S/C18H16N4OS/c23-18(22-8-7-13-3-1-2-4-16(13)22)14-5-6-17(19-9-14)20-10-15-11-24-12-21-15/h1-6,9,11-12H,7-8,10H2,(H,19,20). The van der Waals surface area contributed by atoms with Crippen LogP contribution >= 0.6 is 11.3 Å². The first kappa shape index (κ1) is 14.8. The van der Waals surface area contributed by atoms with E-state index in [1.165, 1.54) is 5.56 Å². The number of hydrogen-bond acceptors (Lipinski definition) is 5. The molecule has 1 aliphatic heterocycles. The zero-order valence-corrected chi connectivity index (χ0v) is 13.8. The van der Waals surface area contributed by atoms with Crippen LogP contribution in [0, 0.1) is 0 Å². The second kappa shape index (κ2) is 6.41. The highest BCUT2D eigenvalue weighted by molar-refractivity contribution is 7.07. The Kier molecular flexibility index (Phi) is 3.96. The minimum Gasteiger partial charge on any atom is -0.364 e. The highest BCUT2D eigenvalue weighted by Crippen LogP contribution is 2.28. The quantitative estimate of drug-likeness (QED) is 0.794. The van der Waals surface area contributed by atoms with E-state index in [-0.39, 0.29) is 5.91 Å². The molecule has 0 radical (unpaired) electrons. The van der Waals surface area contributed by atoms with Gasteiger partial charge in [-0.3, -0.25) is 4.79 Å². The van der Waals surface area contributed by atoms with E-state index in [2.05, 4.69) is 21.4 Å². The minimum absolute atomic E-state index is 0.00139. The van der Waals surface area contributed by atoms with Crippen LogP contribution in [0.2, 0.25) is 0 Å². The van der Waals surface area contributed by atoms with E-state index < -0.39 is 0 Å². The lowest BCUT2D eigenvalue weighted by molar-refractivity contribution is 0.0989. The Hall–Kier alpha value is -2.73. The van der Waals surface area contributed by atoms with Crippen LogP contribution in [0.4, 0.5) is 11.5 Å². The number of amides is 1. The first-order chi connectivity index (χ1) is 11.8. The van der Waals surface area contributed by atoms with Crippen LogP contribution in [0.15, 0.2) is 53.5 Å². The maximum Gasteiger partial charge on any atom is 0.259 e. The second-order valence-electron chi connectivity index (χ2n) is 5.60. The number of carbonyl (C=O) groups excluding carboxylic acids is 1. The van der Waals surface area contributed by atoms with Crippen LogP contribution in [-0.2, 0) is 13.0 Å². The summed E-state index contributed by atoms with van der Waals surface area (Å²) in [6.07, 6.45) is 2.54. The monoisotopic (exact) mass is 336 g/mol. The SMILES string of the molecule is O=C(c1ccc(NCc2cscn2)nc1)N1CCc2ccccc21. The third kappa shape index (κ3) is 2.88. The lowest BCUT2D eigenvalue weighted by atomic mass is 10.2. The molecule has 1 aliphatic rings. The van der Waals surface area contributed by atoms with Gasteiger partial charge in [-0.2, -0.15) is 0 Å². The topological polar surface area (TPSA) is 58.1 Å². The fourth-order valence-corrected chi connectivity index (χ4v) is 3.39. The van der Waals surface area contributed by atoms with Crippen molar-refractivity contribution in [2.45, 2.75) is 13.0 Å². The van der Waals surface area contributed by atoms with Gasteiger partial charge in [0.25, 0.3) is 5.91 Å². The Labute approximate surface area is 144 Å². The summed E-state index contributed by atoms with van der Waals surface area (Å²) in [4.78, 5) is 23.1. The first-order valence-electron chi connectivity index (χ1n) is 7.78. The van der Waals surface area contributed by atoms with Crippen molar-refractivity contribution in [3.8, 4) is 0 Å². The summed E-state index contributed by atoms with van der Waals surface area (Å²) >= 11 is 1.57. The molecule has 0 unspecified atom stereocenters. The average molecular weight is 336 g/mol. The number of nitrogens with zero attached hydrogens (tertiary/aromatic N) is 3. The minimum atomic E-state index is -0.00139. The van der Waals surface area contributed by atoms with Gasteiger partial charge in [-0.05, 0) is 30.2 Å². The lowest BCUT2D eigenvalue weighted by Crippen LogP contribution is -2.28. The molecule has 5 nitrogen and oxygen atoms in total. The molecule has 120 valence electrons. The van der Waals surface area contributed by atoms with Gasteiger partial charge in [0.2, 0.25) is 0 Å². The predicted octanol–water partition coefficient (Wildman–Crippen LogP) is 3.35. The molecule has 0 aliphatic carbocycles. The first-order valence-corrected chi connectivity index (χ1v) is 8.72. The van der Waals surface area contributed by atoms with Crippen LogP contribution in [0.25, 0.3) is 0 Å². The number of fused-ring (bicyclic) bond motifs is 1. The average Bonchev–Trinajstić information content (AvgIpc) is 3.29. The number of aromatic nitrogens is 2. The second-order valence-corrected chi connectivity index (χ2v) is 6.32. The summed E-state index contributed by atoms with van der Waals surface area (Å²) in [5.41, 5.74) is 5.62. The predicted molar refractivity (Wildman–Crippen MR) is 95.5 cm³/mol. The largest absolute Gasteiger partial charge is 0.364 e. The van der Waals surface area contributed by atoms with Crippen molar-refractivity contribution in [2.24, 2.45) is 0 Å². The van der Waals surface area contributed by atoms with Crippen molar-refractivity contribution >= 4 is 28.7 Å². The van der Waals surface area contributed by atoms with E-state index in [1.807, 2.05) is 40.6 Å². The third-order valence-corrected chi connectivity index (χ3v) is 4.71. The molecule has 2 aromatic heterocycles. The number of para-hydroxylation sites is 1. The Morgan fingerprint density at radius 1 is 1.21 bits per heavy atom. The van der Waals surface area contributed by atoms with E-state index in [1.54, 1.807) is 23.0 Å². The van der Waals surface area contributed by atoms with Crippen LogP contribution in [0.5, 0.6) is 0 Å². The van der Waals surface area contributed by atoms with Gasteiger partial charge in [0.1, 0.15) is 5.82 Å². The van der Waals surface area contributed by atoms with Gasteiger partial charge in [-0.15, -0.1) is 11.3 Å². The van der Waals surface area contributed by atoms with Crippen LogP contribution in [-0.4, -0.2) is 22.4 Å². The van der Waals surface area contributed by atoms with Crippen LogP contribution in [0.1, 0.15) is 21.6 Å². The number of thiazole rings is 1. The highest BCUT2D eigenvalue weighted by Gasteiger charge is 2.25. The van der Waals surface area contributed by atoms with Gasteiger partial charge in [-0.25, -0.2) is 9.97 Å². The number of anilines is 2. The van der Waals surface area contributed by atoms with E-state index in [9.17, 15) is 4.79 Å². The highest BCUT2D eigenvalue weighted by atomic mass is 32.1. The Morgan fingerprint density at radius 2 is 2.12 bits per heavy atom. The molecule has 0 fully saturated rings. The van der Waals surface area contributed by atoms with Crippen molar-refractivity contribution in [2.75, 3.05) is 16.8 Å². The number of pyridine rings is 1. The van der Waals surface area contributed by atoms with Gasteiger partial charge in [0.05, 0.1) is 23.3 Å². The normalized spacial score (nSPS) is 12.9. The molecular formula is C18H16N4OS. The van der Waals surface area contributed by atoms with Crippen molar-refractivity contribution in [1.82, 2.24) is 9.97 Å². The van der Waals surface area contributed by atoms with Gasteiger partial charge in [0, 0.05) is 23.8 Å². The van der Waals surface area contributed by atoms with Crippen LogP contribution < -0.4 is 10.2 Å². The molecule has 6 heteroatoms. The maximum absolute atomic E-state index is 12.7. The molecule has 4 rings (SSSR count). The molecule has 1 amide bonds. The lowest BCUT2D eigenvalue weighted by Gasteiger charge is -2.17. The molecule has 0 saturated carbocycles. The Bertz CT molecular complexity index is 846. The number of carbonyl (C=O) groups is 1. The molecule has 3 heterocycles. The summed E-state index contributed by atoms with van der Waals surface area (Å²) in [7, 11) is 0. The van der Waals surface area contributed by atoms with Gasteiger partial charge in [0.15, 0.2) is 0 Å². The summed E-state index contributed by atoms with van der Waals surface area (Å²) in [5, 5.41) is 5.20. The number of nitrogens with one attached hydrogen (secondary N) is 1. The fraction of sp³-hybridized carbons (Fsp3) is 0.167. The summed E-state index contributed by atoms with van der Waals surface area (Å²) in [6, 6.07) is 11.7. The Morgan fingerprint density at radius 3 is 2.92 bits per heavy atom. The molecule has 3 aromatic rings. The van der Waals surface area contributed by atoms with Crippen molar-refractivity contribution < 1.29 is 4.79 Å². The van der Waals surface area contributed by atoms with Crippen molar-refractivity contribution in [1.29, 1.82) is 0 Å². The number of hydrogen-bond donors (Lipinski definition) is 1. The zero-order chi connectivity index (χ0) is 16.4. The molecule has 1 N–H and O–H groups in total. The smallest absolute Gasteiger partial charge is 0.259 e. The van der Waals surface area contributed by atoms with E-state index >= 15 is 0 Å². The van der Waals surface area contributed by atoms with Crippen LogP contribution in [0.3, 0.4) is 0 Å². The van der Waals surface area contributed by atoms with Crippen molar-refractivity contribution in [3.05, 3.63) is 70.3 Å². The molecular weight excluding hydrogens is 320 g/mol. The molecule has 0 spiro atoms. The van der Waals surface area contributed by atoms with E-state index in [0.29, 0.717) is 12.1 Å². The molecule has 1 aromatic carbocycles. The third-order valence-electron chi connectivity index (χ3n) is 4.08. The fourth-order valence-electron chi connectivity index (χ4n) is 2.84. The number of rotatable bonds is 4. The Balaban J connectivity index is 1.46.